The fraction of sp³-hybridized carbons (Fsp3) is 0.600. The van der Waals surface area contributed by atoms with Gasteiger partial charge in [0.15, 0.2) is 0 Å². The average Bonchev–Trinajstić information content (AvgIpc) is 2.84. The van der Waals surface area contributed by atoms with E-state index in [4.69, 9.17) is 4.74 Å². The lowest BCUT2D eigenvalue weighted by atomic mass is 10.2. The standard InChI is InChI=1S/C15H21N3O2S/c1-10(2)17-4-5-20-12(6-17)7-18-9-16-13-11(3)8-21-14(13)15(18)19/h8-10,12H,4-7H2,1-3H3. The molecule has 3 heterocycles. The Balaban J connectivity index is 1.82. The van der Waals surface area contributed by atoms with E-state index in [0.717, 1.165) is 35.5 Å². The monoisotopic (exact) mass is 307 g/mol. The van der Waals surface area contributed by atoms with Crippen molar-refractivity contribution in [2.24, 2.45) is 0 Å². The highest BCUT2D eigenvalue weighted by atomic mass is 32.1. The molecule has 1 atom stereocenters. The molecule has 5 nitrogen and oxygen atoms in total. The molecule has 114 valence electrons. The lowest BCUT2D eigenvalue weighted by molar-refractivity contribution is -0.0460. The van der Waals surface area contributed by atoms with Crippen LogP contribution in [0.4, 0.5) is 0 Å². The minimum absolute atomic E-state index is 0.0448. The summed E-state index contributed by atoms with van der Waals surface area (Å²) in [6, 6.07) is 0.508. The van der Waals surface area contributed by atoms with Gasteiger partial charge in [-0.1, -0.05) is 0 Å². The van der Waals surface area contributed by atoms with Crippen molar-refractivity contribution in [1.82, 2.24) is 14.5 Å². The Labute approximate surface area is 128 Å². The summed E-state index contributed by atoms with van der Waals surface area (Å²) in [5.41, 5.74) is 1.94. The molecule has 3 rings (SSSR count). The number of thiophene rings is 1. The summed E-state index contributed by atoms with van der Waals surface area (Å²) in [4.78, 5) is 19.3. The van der Waals surface area contributed by atoms with Gasteiger partial charge in [0.25, 0.3) is 5.56 Å². The molecule has 1 aliphatic heterocycles. The predicted octanol–water partition coefficient (Wildman–Crippen LogP) is 1.88. The maximum Gasteiger partial charge on any atom is 0.271 e. The highest BCUT2D eigenvalue weighted by Crippen LogP contribution is 2.19. The molecular weight excluding hydrogens is 286 g/mol. The number of aromatic nitrogens is 2. The predicted molar refractivity (Wildman–Crippen MR) is 85.1 cm³/mol. The van der Waals surface area contributed by atoms with Crippen LogP contribution in [0.3, 0.4) is 0 Å². The Morgan fingerprint density at radius 3 is 3.10 bits per heavy atom. The summed E-state index contributed by atoms with van der Waals surface area (Å²) in [5, 5.41) is 1.99. The SMILES string of the molecule is Cc1csc2c(=O)n(CC3CN(C(C)C)CCO3)cnc12. The first-order chi connectivity index (χ1) is 10.1. The second-order valence-corrected chi connectivity index (χ2v) is 6.76. The van der Waals surface area contributed by atoms with E-state index in [2.05, 4.69) is 23.7 Å². The molecule has 0 N–H and O–H groups in total. The Hall–Kier alpha value is -1.24. The van der Waals surface area contributed by atoms with Crippen molar-refractivity contribution < 1.29 is 4.74 Å². The number of nitrogens with zero attached hydrogens (tertiary/aromatic N) is 3. The van der Waals surface area contributed by atoms with E-state index >= 15 is 0 Å². The number of morpholine rings is 1. The van der Waals surface area contributed by atoms with Crippen LogP contribution in [-0.4, -0.2) is 46.3 Å². The van der Waals surface area contributed by atoms with Crippen LogP contribution >= 0.6 is 11.3 Å². The molecular formula is C15H21N3O2S. The van der Waals surface area contributed by atoms with Crippen LogP contribution in [0.25, 0.3) is 10.2 Å². The molecule has 6 heteroatoms. The van der Waals surface area contributed by atoms with Crippen molar-refractivity contribution in [2.75, 3.05) is 19.7 Å². The van der Waals surface area contributed by atoms with Crippen molar-refractivity contribution in [3.63, 3.8) is 0 Å². The van der Waals surface area contributed by atoms with E-state index in [9.17, 15) is 4.79 Å². The molecule has 1 aliphatic rings. The highest BCUT2D eigenvalue weighted by molar-refractivity contribution is 7.17. The third-order valence-corrected chi connectivity index (χ3v) is 5.10. The fourth-order valence-corrected chi connectivity index (χ4v) is 3.68. The molecule has 0 radical (unpaired) electrons. The Bertz CT molecular complexity index is 692. The quantitative estimate of drug-likeness (QED) is 0.868. The maximum absolute atomic E-state index is 12.5. The molecule has 0 spiro atoms. The third kappa shape index (κ3) is 2.88. The van der Waals surface area contributed by atoms with Gasteiger partial charge in [-0.3, -0.25) is 14.3 Å². The molecule has 0 amide bonds. The summed E-state index contributed by atoms with van der Waals surface area (Å²) in [5.74, 6) is 0. The van der Waals surface area contributed by atoms with Crippen molar-refractivity contribution in [2.45, 2.75) is 39.5 Å². The molecule has 21 heavy (non-hydrogen) atoms. The number of hydrogen-bond acceptors (Lipinski definition) is 5. The van der Waals surface area contributed by atoms with E-state index in [1.807, 2.05) is 12.3 Å². The van der Waals surface area contributed by atoms with Crippen LogP contribution in [0, 0.1) is 6.92 Å². The summed E-state index contributed by atoms with van der Waals surface area (Å²) in [7, 11) is 0. The van der Waals surface area contributed by atoms with Crippen molar-refractivity contribution in [1.29, 1.82) is 0 Å². The minimum Gasteiger partial charge on any atom is -0.374 e. The summed E-state index contributed by atoms with van der Waals surface area (Å²) >= 11 is 1.48. The average molecular weight is 307 g/mol. The molecule has 2 aromatic heterocycles. The number of ether oxygens (including phenoxy) is 1. The Kier molecular flexibility index (Phi) is 4.10. The number of fused-ring (bicyclic) bond motifs is 1. The van der Waals surface area contributed by atoms with Gasteiger partial charge < -0.3 is 4.74 Å². The first-order valence-electron chi connectivity index (χ1n) is 7.35. The molecule has 0 bridgehead atoms. The van der Waals surface area contributed by atoms with Gasteiger partial charge in [0.1, 0.15) is 4.70 Å². The number of aryl methyl sites for hydroxylation is 1. The first-order valence-corrected chi connectivity index (χ1v) is 8.23. The zero-order valence-electron chi connectivity index (χ0n) is 12.7. The van der Waals surface area contributed by atoms with Gasteiger partial charge in [-0.25, -0.2) is 4.98 Å². The maximum atomic E-state index is 12.5. The van der Waals surface area contributed by atoms with Gasteiger partial charge in [-0.15, -0.1) is 11.3 Å². The van der Waals surface area contributed by atoms with Gasteiger partial charge in [0.2, 0.25) is 0 Å². The summed E-state index contributed by atoms with van der Waals surface area (Å²) < 4.78 is 8.24. The van der Waals surface area contributed by atoms with Gasteiger partial charge in [-0.05, 0) is 31.7 Å². The van der Waals surface area contributed by atoms with E-state index < -0.39 is 0 Å². The summed E-state index contributed by atoms with van der Waals surface area (Å²) in [6.45, 7) is 9.50. The molecule has 1 saturated heterocycles. The topological polar surface area (TPSA) is 47.4 Å². The lowest BCUT2D eigenvalue weighted by Crippen LogP contribution is -2.47. The molecule has 1 fully saturated rings. The van der Waals surface area contributed by atoms with E-state index in [1.54, 1.807) is 10.9 Å². The molecule has 0 saturated carbocycles. The van der Waals surface area contributed by atoms with Crippen LogP contribution in [0.5, 0.6) is 0 Å². The van der Waals surface area contributed by atoms with Gasteiger partial charge in [0.05, 0.1) is 31.1 Å². The van der Waals surface area contributed by atoms with Crippen molar-refractivity contribution >= 4 is 21.6 Å². The van der Waals surface area contributed by atoms with Crippen molar-refractivity contribution in [3.8, 4) is 0 Å². The second kappa shape index (κ2) is 5.87. The normalized spacial score (nSPS) is 20.5. The molecule has 0 aliphatic carbocycles. The van der Waals surface area contributed by atoms with Crippen molar-refractivity contribution in [3.05, 3.63) is 27.6 Å². The van der Waals surface area contributed by atoms with E-state index in [-0.39, 0.29) is 11.7 Å². The fourth-order valence-electron chi connectivity index (χ4n) is 2.73. The minimum atomic E-state index is 0.0448. The number of rotatable bonds is 3. The Morgan fingerprint density at radius 2 is 2.33 bits per heavy atom. The van der Waals surface area contributed by atoms with Crippen LogP contribution in [0.2, 0.25) is 0 Å². The van der Waals surface area contributed by atoms with Crippen LogP contribution in [0.1, 0.15) is 19.4 Å². The van der Waals surface area contributed by atoms with Crippen LogP contribution < -0.4 is 5.56 Å². The third-order valence-electron chi connectivity index (χ3n) is 4.02. The smallest absolute Gasteiger partial charge is 0.271 e. The zero-order chi connectivity index (χ0) is 15.0. The number of hydrogen-bond donors (Lipinski definition) is 0. The van der Waals surface area contributed by atoms with Gasteiger partial charge >= 0.3 is 0 Å². The molecule has 1 unspecified atom stereocenters. The Morgan fingerprint density at radius 1 is 1.52 bits per heavy atom. The molecule has 0 aromatic carbocycles. The lowest BCUT2D eigenvalue weighted by Gasteiger charge is -2.35. The van der Waals surface area contributed by atoms with Gasteiger partial charge in [0, 0.05) is 19.1 Å². The first kappa shape index (κ1) is 14.7. The second-order valence-electron chi connectivity index (χ2n) is 5.88. The van der Waals surface area contributed by atoms with E-state index in [1.165, 1.54) is 11.3 Å². The van der Waals surface area contributed by atoms with E-state index in [0.29, 0.717) is 12.6 Å². The highest BCUT2D eigenvalue weighted by Gasteiger charge is 2.23. The summed E-state index contributed by atoms with van der Waals surface area (Å²) in [6.07, 6.45) is 1.71. The van der Waals surface area contributed by atoms with Crippen LogP contribution in [0.15, 0.2) is 16.5 Å². The van der Waals surface area contributed by atoms with Crippen LogP contribution in [-0.2, 0) is 11.3 Å². The molecule has 2 aromatic rings. The zero-order valence-corrected chi connectivity index (χ0v) is 13.5. The largest absolute Gasteiger partial charge is 0.374 e. The van der Waals surface area contributed by atoms with Gasteiger partial charge in [-0.2, -0.15) is 0 Å².